The van der Waals surface area contributed by atoms with Crippen molar-refractivity contribution in [1.29, 1.82) is 0 Å². The molecule has 0 radical (unpaired) electrons. The first-order valence-corrected chi connectivity index (χ1v) is 6.76. The Bertz CT molecular complexity index is 600. The molecule has 0 aliphatic rings. The second-order valence-electron chi connectivity index (χ2n) is 5.11. The number of hydrogen-bond acceptors (Lipinski definition) is 2. The highest BCUT2D eigenvalue weighted by Crippen LogP contribution is 2.23. The zero-order chi connectivity index (χ0) is 14.7. The van der Waals surface area contributed by atoms with E-state index in [2.05, 4.69) is 5.32 Å². The number of anilines is 1. The van der Waals surface area contributed by atoms with E-state index in [1.165, 1.54) is 0 Å². The minimum atomic E-state index is -0.622. The Morgan fingerprint density at radius 2 is 1.85 bits per heavy atom. The van der Waals surface area contributed by atoms with Gasteiger partial charge < -0.3 is 15.0 Å². The van der Waals surface area contributed by atoms with E-state index < -0.39 is 6.10 Å². The summed E-state index contributed by atoms with van der Waals surface area (Å²) in [5.74, 6) is -0.170. The van der Waals surface area contributed by atoms with Gasteiger partial charge in [0.05, 0.1) is 6.10 Å². The third kappa shape index (κ3) is 2.91. The van der Waals surface area contributed by atoms with Crippen LogP contribution in [-0.4, -0.2) is 15.6 Å². The molecule has 1 atom stereocenters. The largest absolute Gasteiger partial charge is 0.389 e. The van der Waals surface area contributed by atoms with Gasteiger partial charge in [-0.25, -0.2) is 0 Å². The maximum absolute atomic E-state index is 12.4. The summed E-state index contributed by atoms with van der Waals surface area (Å²) < 4.78 is 1.92. The van der Waals surface area contributed by atoms with Crippen LogP contribution in [0.2, 0.25) is 0 Å². The predicted molar refractivity (Wildman–Crippen MR) is 79.8 cm³/mol. The lowest BCUT2D eigenvalue weighted by Gasteiger charge is -2.15. The Morgan fingerprint density at radius 1 is 1.15 bits per heavy atom. The van der Waals surface area contributed by atoms with Gasteiger partial charge in [-0.3, -0.25) is 4.79 Å². The van der Waals surface area contributed by atoms with Gasteiger partial charge in [0.2, 0.25) is 0 Å². The first-order valence-electron chi connectivity index (χ1n) is 6.76. The molecule has 20 heavy (non-hydrogen) atoms. The molecular formula is C16H20N2O2. The van der Waals surface area contributed by atoms with Crippen molar-refractivity contribution in [2.24, 2.45) is 0 Å². The number of benzene rings is 1. The standard InChI is InChI=1S/C16H20N2O2/c1-11(2)18-10-6-9-15(18)16(20)17-14-8-5-4-7-13(14)12(3)19/h4-12,19H,1-3H3,(H,17,20). The van der Waals surface area contributed by atoms with Gasteiger partial charge in [0.25, 0.3) is 5.91 Å². The number of aromatic nitrogens is 1. The van der Waals surface area contributed by atoms with E-state index in [-0.39, 0.29) is 11.9 Å². The van der Waals surface area contributed by atoms with Crippen molar-refractivity contribution in [3.63, 3.8) is 0 Å². The van der Waals surface area contributed by atoms with E-state index in [0.717, 1.165) is 0 Å². The molecule has 1 unspecified atom stereocenters. The summed E-state index contributed by atoms with van der Waals surface area (Å²) in [5, 5.41) is 12.6. The maximum atomic E-state index is 12.4. The third-order valence-electron chi connectivity index (χ3n) is 3.23. The Morgan fingerprint density at radius 3 is 2.50 bits per heavy atom. The zero-order valence-electron chi connectivity index (χ0n) is 12.0. The molecule has 2 N–H and O–H groups in total. The van der Waals surface area contributed by atoms with Crippen LogP contribution in [0.5, 0.6) is 0 Å². The first kappa shape index (κ1) is 14.3. The fourth-order valence-electron chi connectivity index (χ4n) is 2.20. The van der Waals surface area contributed by atoms with Crippen LogP contribution < -0.4 is 5.32 Å². The highest BCUT2D eigenvalue weighted by molar-refractivity contribution is 6.03. The molecule has 4 heteroatoms. The molecule has 0 spiro atoms. The lowest BCUT2D eigenvalue weighted by atomic mass is 10.1. The molecule has 1 amide bonds. The summed E-state index contributed by atoms with van der Waals surface area (Å²) in [6.45, 7) is 5.74. The van der Waals surface area contributed by atoms with Crippen molar-refractivity contribution in [3.05, 3.63) is 53.9 Å². The number of carbonyl (C=O) groups is 1. The van der Waals surface area contributed by atoms with E-state index in [0.29, 0.717) is 16.9 Å². The molecule has 1 heterocycles. The lowest BCUT2D eigenvalue weighted by molar-refractivity contribution is 0.101. The quantitative estimate of drug-likeness (QED) is 0.896. The van der Waals surface area contributed by atoms with Crippen LogP contribution >= 0.6 is 0 Å². The lowest BCUT2D eigenvalue weighted by Crippen LogP contribution is -2.18. The predicted octanol–water partition coefficient (Wildman–Crippen LogP) is 3.37. The summed E-state index contributed by atoms with van der Waals surface area (Å²) in [5.41, 5.74) is 1.97. The van der Waals surface area contributed by atoms with Crippen LogP contribution in [0.3, 0.4) is 0 Å². The molecule has 0 bridgehead atoms. The fraction of sp³-hybridized carbons (Fsp3) is 0.312. The van der Waals surface area contributed by atoms with Gasteiger partial charge in [0.1, 0.15) is 5.69 Å². The van der Waals surface area contributed by atoms with Crippen LogP contribution in [0.4, 0.5) is 5.69 Å². The minimum Gasteiger partial charge on any atom is -0.389 e. The van der Waals surface area contributed by atoms with Crippen molar-refractivity contribution in [3.8, 4) is 0 Å². The highest BCUT2D eigenvalue weighted by atomic mass is 16.3. The molecule has 2 rings (SSSR count). The van der Waals surface area contributed by atoms with Crippen molar-refractivity contribution < 1.29 is 9.90 Å². The second-order valence-corrected chi connectivity index (χ2v) is 5.11. The second kappa shape index (κ2) is 5.92. The summed E-state index contributed by atoms with van der Waals surface area (Å²) in [6.07, 6.45) is 1.27. The number of hydrogen-bond donors (Lipinski definition) is 2. The molecular weight excluding hydrogens is 252 g/mol. The number of amides is 1. The number of para-hydroxylation sites is 1. The molecule has 4 nitrogen and oxygen atoms in total. The minimum absolute atomic E-state index is 0.170. The van der Waals surface area contributed by atoms with E-state index in [4.69, 9.17) is 0 Å². The maximum Gasteiger partial charge on any atom is 0.272 e. The van der Waals surface area contributed by atoms with E-state index in [9.17, 15) is 9.90 Å². The van der Waals surface area contributed by atoms with Crippen LogP contribution in [0.25, 0.3) is 0 Å². The van der Waals surface area contributed by atoms with Gasteiger partial charge in [-0.15, -0.1) is 0 Å². The number of nitrogens with zero attached hydrogens (tertiary/aromatic N) is 1. The number of nitrogens with one attached hydrogen (secondary N) is 1. The molecule has 106 valence electrons. The molecule has 1 aromatic heterocycles. The number of aliphatic hydroxyl groups excluding tert-OH is 1. The van der Waals surface area contributed by atoms with Crippen LogP contribution in [-0.2, 0) is 0 Å². The third-order valence-corrected chi connectivity index (χ3v) is 3.23. The molecule has 0 aliphatic carbocycles. The molecule has 0 saturated heterocycles. The Balaban J connectivity index is 2.26. The van der Waals surface area contributed by atoms with Crippen molar-refractivity contribution in [2.45, 2.75) is 32.9 Å². The summed E-state index contributed by atoms with van der Waals surface area (Å²) in [4.78, 5) is 12.4. The molecule has 0 aliphatic heterocycles. The topological polar surface area (TPSA) is 54.3 Å². The SMILES string of the molecule is CC(O)c1ccccc1NC(=O)c1cccn1C(C)C. The van der Waals surface area contributed by atoms with Crippen molar-refractivity contribution >= 4 is 11.6 Å². The number of aliphatic hydroxyl groups is 1. The van der Waals surface area contributed by atoms with E-state index in [1.54, 1.807) is 19.1 Å². The average Bonchev–Trinajstić information content (AvgIpc) is 2.88. The fourth-order valence-corrected chi connectivity index (χ4v) is 2.20. The molecule has 0 saturated carbocycles. The van der Waals surface area contributed by atoms with Crippen LogP contribution in [0, 0.1) is 0 Å². The monoisotopic (exact) mass is 272 g/mol. The number of carbonyl (C=O) groups excluding carboxylic acids is 1. The number of rotatable bonds is 4. The van der Waals surface area contributed by atoms with Gasteiger partial charge in [-0.1, -0.05) is 18.2 Å². The van der Waals surface area contributed by atoms with Gasteiger partial charge in [-0.2, -0.15) is 0 Å². The van der Waals surface area contributed by atoms with Crippen molar-refractivity contribution in [1.82, 2.24) is 4.57 Å². The van der Waals surface area contributed by atoms with Gasteiger partial charge in [-0.05, 0) is 39.0 Å². The van der Waals surface area contributed by atoms with Gasteiger partial charge in [0, 0.05) is 23.5 Å². The van der Waals surface area contributed by atoms with Crippen LogP contribution in [0.15, 0.2) is 42.6 Å². The summed E-state index contributed by atoms with van der Waals surface area (Å²) >= 11 is 0. The Hall–Kier alpha value is -2.07. The van der Waals surface area contributed by atoms with E-state index in [1.807, 2.05) is 48.9 Å². The summed E-state index contributed by atoms with van der Waals surface area (Å²) in [7, 11) is 0. The smallest absolute Gasteiger partial charge is 0.272 e. The van der Waals surface area contributed by atoms with Crippen LogP contribution in [0.1, 0.15) is 49.0 Å². The van der Waals surface area contributed by atoms with Crippen molar-refractivity contribution in [2.75, 3.05) is 5.32 Å². The first-order chi connectivity index (χ1) is 9.50. The Kier molecular flexibility index (Phi) is 4.25. The van der Waals surface area contributed by atoms with Gasteiger partial charge >= 0.3 is 0 Å². The van der Waals surface area contributed by atoms with Gasteiger partial charge in [0.15, 0.2) is 0 Å². The summed E-state index contributed by atoms with van der Waals surface area (Å²) in [6, 6.07) is 11.1. The molecule has 1 aromatic carbocycles. The zero-order valence-corrected chi connectivity index (χ0v) is 12.0. The normalized spacial score (nSPS) is 12.4. The Labute approximate surface area is 119 Å². The average molecular weight is 272 g/mol. The highest BCUT2D eigenvalue weighted by Gasteiger charge is 2.15. The molecule has 2 aromatic rings. The van der Waals surface area contributed by atoms with E-state index >= 15 is 0 Å². The molecule has 0 fully saturated rings.